The Kier molecular flexibility index (Phi) is 10.5. The molecule has 0 amide bonds. The number of esters is 1. The fraction of sp³-hybridized carbons (Fsp3) is 0.690. The molecule has 0 N–H and O–H groups in total. The predicted molar refractivity (Wildman–Crippen MR) is 131 cm³/mol. The first-order valence-electron chi connectivity index (χ1n) is 13.3. The summed E-state index contributed by atoms with van der Waals surface area (Å²) in [6.07, 6.45) is 13.6. The van der Waals surface area contributed by atoms with E-state index in [-0.39, 0.29) is 30.6 Å². The third-order valence-corrected chi connectivity index (χ3v) is 7.71. The summed E-state index contributed by atoms with van der Waals surface area (Å²) in [5.41, 5.74) is 1.26. The van der Waals surface area contributed by atoms with Crippen molar-refractivity contribution in [3.8, 4) is 5.75 Å². The highest BCUT2D eigenvalue weighted by Crippen LogP contribution is 2.44. The van der Waals surface area contributed by atoms with Gasteiger partial charge in [-0.15, -0.1) is 0 Å². The van der Waals surface area contributed by atoms with E-state index in [4.69, 9.17) is 4.74 Å². The summed E-state index contributed by atoms with van der Waals surface area (Å²) in [5.74, 6) is -2.35. The molecule has 0 aromatic heterocycles. The maximum absolute atomic E-state index is 14.3. The predicted octanol–water partition coefficient (Wildman–Crippen LogP) is 8.49. The zero-order valence-electron chi connectivity index (χ0n) is 20.6. The van der Waals surface area contributed by atoms with Crippen molar-refractivity contribution >= 4 is 5.97 Å². The number of allylic oxidation sites excluding steroid dienone is 2. The summed E-state index contributed by atoms with van der Waals surface area (Å²) in [6, 6.07) is 7.81. The van der Waals surface area contributed by atoms with Crippen molar-refractivity contribution in [2.24, 2.45) is 23.7 Å². The highest BCUT2D eigenvalue weighted by Gasteiger charge is 2.43. The quantitative estimate of drug-likeness (QED) is 0.181. The molecule has 190 valence electrons. The lowest BCUT2D eigenvalue weighted by Crippen LogP contribution is -2.35. The zero-order chi connectivity index (χ0) is 24.4. The Balaban J connectivity index is 1.33. The van der Waals surface area contributed by atoms with Crippen LogP contribution in [0.1, 0.15) is 89.5 Å². The largest absolute Gasteiger partial charge is 0.426 e. The maximum atomic E-state index is 14.3. The minimum atomic E-state index is -2.67. The van der Waals surface area contributed by atoms with Crippen molar-refractivity contribution < 1.29 is 22.7 Å². The van der Waals surface area contributed by atoms with E-state index in [1.165, 1.54) is 5.56 Å². The SMILES string of the molecule is CCCc1ccc(OC(=O)C2CCC(CC/C=C/C3CCC(CCCF)C(F)(F)C3)CC2)cc1. The van der Waals surface area contributed by atoms with Gasteiger partial charge in [-0.25, -0.2) is 8.78 Å². The summed E-state index contributed by atoms with van der Waals surface area (Å²) in [6.45, 7) is 1.64. The van der Waals surface area contributed by atoms with Gasteiger partial charge in [-0.05, 0) is 100 Å². The zero-order valence-corrected chi connectivity index (χ0v) is 20.6. The van der Waals surface area contributed by atoms with E-state index in [0.717, 1.165) is 57.8 Å². The molecule has 2 fully saturated rings. The molecule has 2 saturated carbocycles. The normalized spacial score (nSPS) is 27.1. The minimum absolute atomic E-state index is 0.0306. The van der Waals surface area contributed by atoms with Crippen molar-refractivity contribution in [1.82, 2.24) is 0 Å². The van der Waals surface area contributed by atoms with E-state index in [1.54, 1.807) is 0 Å². The molecule has 2 aliphatic rings. The molecule has 2 unspecified atom stereocenters. The molecule has 0 saturated heterocycles. The van der Waals surface area contributed by atoms with Gasteiger partial charge in [0.15, 0.2) is 0 Å². The smallest absolute Gasteiger partial charge is 0.314 e. The Bertz CT molecular complexity index is 766. The maximum Gasteiger partial charge on any atom is 0.314 e. The number of carbonyl (C=O) groups is 1. The topological polar surface area (TPSA) is 26.3 Å². The first-order valence-corrected chi connectivity index (χ1v) is 13.3. The van der Waals surface area contributed by atoms with Crippen LogP contribution >= 0.6 is 0 Å². The van der Waals surface area contributed by atoms with Gasteiger partial charge in [-0.3, -0.25) is 9.18 Å². The second-order valence-corrected chi connectivity index (χ2v) is 10.4. The van der Waals surface area contributed by atoms with Gasteiger partial charge in [0.1, 0.15) is 5.75 Å². The molecule has 3 rings (SSSR count). The van der Waals surface area contributed by atoms with Crippen molar-refractivity contribution in [2.75, 3.05) is 6.67 Å². The van der Waals surface area contributed by atoms with Crippen LogP contribution in [0, 0.1) is 23.7 Å². The number of carbonyl (C=O) groups excluding carboxylic acids is 1. The average Bonchev–Trinajstić information content (AvgIpc) is 2.82. The van der Waals surface area contributed by atoms with Crippen LogP contribution in [0.3, 0.4) is 0 Å². The molecule has 0 spiro atoms. The van der Waals surface area contributed by atoms with Gasteiger partial charge in [0.25, 0.3) is 5.92 Å². The number of hydrogen-bond acceptors (Lipinski definition) is 2. The van der Waals surface area contributed by atoms with Gasteiger partial charge in [0.05, 0.1) is 12.6 Å². The molecule has 0 heterocycles. The molecule has 34 heavy (non-hydrogen) atoms. The third-order valence-electron chi connectivity index (χ3n) is 7.71. The second kappa shape index (κ2) is 13.3. The standard InChI is InChI=1S/C29H41F3O2/c1-2-6-22-13-18-27(19-14-22)34-28(33)25-15-10-23(11-16-25)7-3-4-8-24-12-17-26(9-5-20-30)29(31,32)21-24/h4,8,13-14,18-19,23-26H,2-3,5-7,9-12,15-17,20-21H2,1H3/b8-4+. The minimum Gasteiger partial charge on any atom is -0.426 e. The third kappa shape index (κ3) is 8.16. The van der Waals surface area contributed by atoms with Crippen LogP contribution in [0.25, 0.3) is 0 Å². The molecule has 2 atom stereocenters. The second-order valence-electron chi connectivity index (χ2n) is 10.4. The molecule has 5 heteroatoms. The van der Waals surface area contributed by atoms with E-state index < -0.39 is 18.5 Å². The summed E-state index contributed by atoms with van der Waals surface area (Å²) >= 11 is 0. The fourth-order valence-corrected chi connectivity index (χ4v) is 5.61. The molecule has 2 aliphatic carbocycles. The highest BCUT2D eigenvalue weighted by atomic mass is 19.3. The van der Waals surface area contributed by atoms with Crippen LogP contribution in [0.2, 0.25) is 0 Å². The molecule has 0 bridgehead atoms. The van der Waals surface area contributed by atoms with Crippen LogP contribution in [-0.4, -0.2) is 18.6 Å². The molecule has 1 aromatic rings. The van der Waals surface area contributed by atoms with Gasteiger partial charge >= 0.3 is 5.97 Å². The first kappa shape index (κ1) is 26.8. The van der Waals surface area contributed by atoms with E-state index in [2.05, 4.69) is 13.0 Å². The van der Waals surface area contributed by atoms with Crippen molar-refractivity contribution in [2.45, 2.75) is 96.3 Å². The highest BCUT2D eigenvalue weighted by molar-refractivity contribution is 5.75. The number of hydrogen-bond donors (Lipinski definition) is 0. The molecule has 2 nitrogen and oxygen atoms in total. The van der Waals surface area contributed by atoms with Crippen LogP contribution in [-0.2, 0) is 11.2 Å². The van der Waals surface area contributed by atoms with Crippen LogP contribution < -0.4 is 4.74 Å². The van der Waals surface area contributed by atoms with Crippen LogP contribution in [0.4, 0.5) is 13.2 Å². The van der Waals surface area contributed by atoms with Gasteiger partial charge in [-0.2, -0.15) is 0 Å². The van der Waals surface area contributed by atoms with Crippen molar-refractivity contribution in [1.29, 1.82) is 0 Å². The Morgan fingerprint density at radius 1 is 1.06 bits per heavy atom. The fourth-order valence-electron chi connectivity index (χ4n) is 5.61. The molecule has 1 aromatic carbocycles. The molecule has 0 radical (unpaired) electrons. The van der Waals surface area contributed by atoms with Gasteiger partial charge in [-0.1, -0.05) is 37.6 Å². The van der Waals surface area contributed by atoms with Gasteiger partial charge in [0, 0.05) is 12.3 Å². The lowest BCUT2D eigenvalue weighted by atomic mass is 9.76. The molecule has 0 aliphatic heterocycles. The van der Waals surface area contributed by atoms with E-state index in [1.807, 2.05) is 30.3 Å². The Morgan fingerprint density at radius 3 is 2.44 bits per heavy atom. The van der Waals surface area contributed by atoms with Crippen LogP contribution in [0.15, 0.2) is 36.4 Å². The lowest BCUT2D eigenvalue weighted by molar-refractivity contribution is -0.140. The first-order chi connectivity index (χ1) is 16.4. The average molecular weight is 479 g/mol. The summed E-state index contributed by atoms with van der Waals surface area (Å²) in [4.78, 5) is 12.5. The number of ether oxygens (including phenoxy) is 1. The van der Waals surface area contributed by atoms with Crippen molar-refractivity contribution in [3.63, 3.8) is 0 Å². The van der Waals surface area contributed by atoms with Crippen molar-refractivity contribution in [3.05, 3.63) is 42.0 Å². The van der Waals surface area contributed by atoms with E-state index in [0.29, 0.717) is 24.5 Å². The number of rotatable bonds is 11. The summed E-state index contributed by atoms with van der Waals surface area (Å²) in [7, 11) is 0. The number of alkyl halides is 3. The Morgan fingerprint density at radius 2 is 1.79 bits per heavy atom. The monoisotopic (exact) mass is 478 g/mol. The Hall–Kier alpha value is -1.78. The summed E-state index contributed by atoms with van der Waals surface area (Å²) < 4.78 is 46.6. The van der Waals surface area contributed by atoms with E-state index in [9.17, 15) is 18.0 Å². The number of aryl methyl sites for hydroxylation is 1. The van der Waals surface area contributed by atoms with Gasteiger partial charge < -0.3 is 4.74 Å². The Labute approximate surface area is 203 Å². The number of halogens is 3. The number of benzene rings is 1. The lowest BCUT2D eigenvalue weighted by Gasteiger charge is -2.35. The molecular formula is C29H41F3O2. The summed E-state index contributed by atoms with van der Waals surface area (Å²) in [5, 5.41) is 0. The van der Waals surface area contributed by atoms with E-state index >= 15 is 0 Å². The molecular weight excluding hydrogens is 437 g/mol. The van der Waals surface area contributed by atoms with Gasteiger partial charge in [0.2, 0.25) is 0 Å². The van der Waals surface area contributed by atoms with Crippen LogP contribution in [0.5, 0.6) is 5.75 Å².